The molecule has 300 valence electrons. The number of halogens is 2. The second-order valence-corrected chi connectivity index (χ2v) is 16.7. The highest BCUT2D eigenvalue weighted by molar-refractivity contribution is 7.07. The lowest BCUT2D eigenvalue weighted by Crippen LogP contribution is -2.43. The second kappa shape index (κ2) is 15.6. The molecule has 1 aliphatic rings. The Bertz CT molecular complexity index is 2740. The maximum atomic E-state index is 15.4. The van der Waals surface area contributed by atoms with Crippen LogP contribution in [0.1, 0.15) is 79.7 Å². The number of amides is 1. The van der Waals surface area contributed by atoms with Crippen LogP contribution in [0, 0.1) is 27.7 Å². The molecule has 0 saturated heterocycles. The summed E-state index contributed by atoms with van der Waals surface area (Å²) < 4.78 is 18.0. The number of carbonyl (C=O) groups excluding carboxylic acids is 1. The summed E-state index contributed by atoms with van der Waals surface area (Å²) in [6, 6.07) is 13.2. The lowest BCUT2D eigenvalue weighted by molar-refractivity contribution is 0.0687. The SMILES string of the molecule is Cc1cc(OCCCc2c3n(c4c(-c5c(C)nn(C)c5C)c(Cl)ccc24)C(C)CN(c2cc(COCc4cscn4)cc4cc(C(=O)O)n(C)c24)C3=O)cc(C)c1Cl. The fourth-order valence-corrected chi connectivity index (χ4v) is 9.45. The number of anilines is 1. The van der Waals surface area contributed by atoms with Crippen LogP contribution < -0.4 is 9.64 Å². The van der Waals surface area contributed by atoms with E-state index < -0.39 is 5.97 Å². The third-order valence-corrected chi connectivity index (χ3v) is 12.8. The van der Waals surface area contributed by atoms with Gasteiger partial charge in [-0.05, 0) is 106 Å². The van der Waals surface area contributed by atoms with Crippen LogP contribution in [0.3, 0.4) is 0 Å². The molecule has 5 heterocycles. The molecular formula is C44H44Cl2N6O5S. The minimum Gasteiger partial charge on any atom is -0.494 e. The van der Waals surface area contributed by atoms with Crippen molar-refractivity contribution in [3.8, 4) is 16.9 Å². The van der Waals surface area contributed by atoms with E-state index in [1.165, 1.54) is 11.3 Å². The van der Waals surface area contributed by atoms with Gasteiger partial charge in [0.25, 0.3) is 5.91 Å². The van der Waals surface area contributed by atoms with E-state index in [0.717, 1.165) is 72.1 Å². The summed E-state index contributed by atoms with van der Waals surface area (Å²) >= 11 is 15.1. The molecule has 1 aliphatic heterocycles. The van der Waals surface area contributed by atoms with Gasteiger partial charge in [-0.1, -0.05) is 29.3 Å². The van der Waals surface area contributed by atoms with Crippen molar-refractivity contribution in [2.45, 2.75) is 66.7 Å². The van der Waals surface area contributed by atoms with Crippen LogP contribution in [0.15, 0.2) is 53.4 Å². The van der Waals surface area contributed by atoms with E-state index in [0.29, 0.717) is 59.9 Å². The van der Waals surface area contributed by atoms with Crippen LogP contribution in [0.2, 0.25) is 10.0 Å². The smallest absolute Gasteiger partial charge is 0.352 e. The summed E-state index contributed by atoms with van der Waals surface area (Å²) in [5.74, 6) is -0.488. The molecule has 0 aliphatic carbocycles. The Kier molecular flexibility index (Phi) is 10.6. The molecule has 1 N–H and O–H groups in total. The summed E-state index contributed by atoms with van der Waals surface area (Å²) in [4.78, 5) is 34.0. The average molecular weight is 840 g/mol. The van der Waals surface area contributed by atoms with Gasteiger partial charge < -0.3 is 28.6 Å². The number of hydrogen-bond acceptors (Lipinski definition) is 7. The zero-order valence-electron chi connectivity index (χ0n) is 33.4. The van der Waals surface area contributed by atoms with Gasteiger partial charge in [0.2, 0.25) is 0 Å². The molecule has 1 unspecified atom stereocenters. The van der Waals surface area contributed by atoms with Gasteiger partial charge in [-0.25, -0.2) is 9.78 Å². The van der Waals surface area contributed by atoms with E-state index in [9.17, 15) is 9.90 Å². The molecule has 0 bridgehead atoms. The Labute approximate surface area is 350 Å². The van der Waals surface area contributed by atoms with Crippen LogP contribution in [0.5, 0.6) is 5.75 Å². The van der Waals surface area contributed by atoms with Crippen LogP contribution in [-0.2, 0) is 38.5 Å². The molecule has 11 nitrogen and oxygen atoms in total. The molecule has 58 heavy (non-hydrogen) atoms. The van der Waals surface area contributed by atoms with Gasteiger partial charge in [-0.3, -0.25) is 9.48 Å². The van der Waals surface area contributed by atoms with E-state index in [4.69, 9.17) is 37.8 Å². The number of carboxylic acids is 1. The van der Waals surface area contributed by atoms with Gasteiger partial charge in [-0.2, -0.15) is 5.10 Å². The number of aromatic carboxylic acids is 1. The molecule has 0 fully saturated rings. The maximum Gasteiger partial charge on any atom is 0.352 e. The number of rotatable bonds is 12. The van der Waals surface area contributed by atoms with Crippen molar-refractivity contribution in [2.24, 2.45) is 14.1 Å². The van der Waals surface area contributed by atoms with Gasteiger partial charge in [0.15, 0.2) is 0 Å². The molecule has 8 rings (SSSR count). The third kappa shape index (κ3) is 6.85. The maximum absolute atomic E-state index is 15.4. The quantitative estimate of drug-likeness (QED) is 0.122. The highest BCUT2D eigenvalue weighted by Crippen LogP contribution is 2.46. The average Bonchev–Trinajstić information content (AvgIpc) is 3.95. The zero-order chi connectivity index (χ0) is 41.2. The first-order valence-corrected chi connectivity index (χ1v) is 20.8. The number of fused-ring (bicyclic) bond motifs is 4. The van der Waals surface area contributed by atoms with Crippen molar-refractivity contribution in [1.82, 2.24) is 23.9 Å². The van der Waals surface area contributed by atoms with Crippen molar-refractivity contribution < 1.29 is 24.2 Å². The highest BCUT2D eigenvalue weighted by Gasteiger charge is 2.38. The molecule has 7 aromatic rings. The van der Waals surface area contributed by atoms with Gasteiger partial charge in [0.05, 0.1) is 58.5 Å². The number of aromatic nitrogens is 5. The number of nitrogens with zero attached hydrogens (tertiary/aromatic N) is 6. The first-order chi connectivity index (χ1) is 27.7. The predicted molar refractivity (Wildman–Crippen MR) is 230 cm³/mol. The fraction of sp³-hybridized carbons (Fsp3) is 0.318. The number of benzene rings is 3. The molecule has 14 heteroatoms. The summed E-state index contributed by atoms with van der Waals surface area (Å²) in [5.41, 5.74) is 12.7. The Morgan fingerprint density at radius 3 is 2.43 bits per heavy atom. The molecule has 0 radical (unpaired) electrons. The second-order valence-electron chi connectivity index (χ2n) is 15.2. The van der Waals surface area contributed by atoms with Crippen molar-refractivity contribution in [3.05, 3.63) is 114 Å². The van der Waals surface area contributed by atoms with Gasteiger partial charge in [0, 0.05) is 64.7 Å². The molecule has 3 aromatic carbocycles. The minimum atomic E-state index is -1.05. The number of carboxylic acid groups (broad SMARTS) is 1. The number of carbonyl (C=O) groups is 2. The van der Waals surface area contributed by atoms with Crippen molar-refractivity contribution in [1.29, 1.82) is 0 Å². The highest BCUT2D eigenvalue weighted by atomic mass is 35.5. The van der Waals surface area contributed by atoms with E-state index in [1.54, 1.807) is 28.1 Å². The fourth-order valence-electron chi connectivity index (χ4n) is 8.56. The number of thiazole rings is 1. The number of aryl methyl sites for hydroxylation is 6. The first-order valence-electron chi connectivity index (χ1n) is 19.1. The van der Waals surface area contributed by atoms with Crippen LogP contribution in [0.25, 0.3) is 32.9 Å². The summed E-state index contributed by atoms with van der Waals surface area (Å²) in [6.07, 6.45) is 1.18. The topological polar surface area (TPSA) is 117 Å². The monoisotopic (exact) mass is 838 g/mol. The molecule has 1 amide bonds. The van der Waals surface area contributed by atoms with Crippen molar-refractivity contribution in [2.75, 3.05) is 18.1 Å². The summed E-state index contributed by atoms with van der Waals surface area (Å²) in [6.45, 7) is 11.4. The normalized spacial score (nSPS) is 14.3. The van der Waals surface area contributed by atoms with Crippen LogP contribution in [0.4, 0.5) is 5.69 Å². The number of ether oxygens (including phenoxy) is 2. The molecule has 4 aromatic heterocycles. The Balaban J connectivity index is 1.26. The Hall–Kier alpha value is -5.14. The van der Waals surface area contributed by atoms with E-state index in [-0.39, 0.29) is 24.2 Å². The first kappa shape index (κ1) is 39.7. The zero-order valence-corrected chi connectivity index (χ0v) is 35.8. The van der Waals surface area contributed by atoms with Crippen molar-refractivity contribution >= 4 is 73.9 Å². The van der Waals surface area contributed by atoms with E-state index in [2.05, 4.69) is 16.5 Å². The Morgan fingerprint density at radius 1 is 1.00 bits per heavy atom. The Morgan fingerprint density at radius 2 is 1.76 bits per heavy atom. The van der Waals surface area contributed by atoms with Gasteiger partial charge in [0.1, 0.15) is 17.1 Å². The standard InChI is InChI=1S/C44H44Cl2N6O5S/c1-23-13-31(14-24(2)39(23)46)57-12-8-9-32-33-10-11-34(45)38(37-26(4)48-50(7)27(37)5)41(33)52-25(3)18-51(43(53)42(32)52)35-16-28(19-56-20-30-21-58-22-47-30)15-29-17-36(44(54)55)49(6)40(29)35/h10-11,13-17,21-22,25H,8-9,12,18-20H2,1-7H3,(H,54,55). The largest absolute Gasteiger partial charge is 0.494 e. The summed E-state index contributed by atoms with van der Waals surface area (Å²) in [5, 5.41) is 19.8. The van der Waals surface area contributed by atoms with Crippen LogP contribution >= 0.6 is 34.5 Å². The van der Waals surface area contributed by atoms with E-state index >= 15 is 4.79 Å². The van der Waals surface area contributed by atoms with Gasteiger partial charge >= 0.3 is 5.97 Å². The van der Waals surface area contributed by atoms with Crippen molar-refractivity contribution in [3.63, 3.8) is 0 Å². The molecule has 0 spiro atoms. The lowest BCUT2D eigenvalue weighted by Gasteiger charge is -2.35. The third-order valence-electron chi connectivity index (χ3n) is 11.2. The lowest BCUT2D eigenvalue weighted by atomic mass is 9.98. The summed E-state index contributed by atoms with van der Waals surface area (Å²) in [7, 11) is 3.65. The molecule has 0 saturated carbocycles. The van der Waals surface area contributed by atoms with Crippen LogP contribution in [-0.4, -0.2) is 54.0 Å². The molecular weight excluding hydrogens is 795 g/mol. The number of hydrogen-bond donors (Lipinski definition) is 1. The van der Waals surface area contributed by atoms with Gasteiger partial charge in [-0.15, -0.1) is 11.3 Å². The minimum absolute atomic E-state index is 0.122. The van der Waals surface area contributed by atoms with E-state index in [1.807, 2.05) is 81.2 Å². The predicted octanol–water partition coefficient (Wildman–Crippen LogP) is 10.2. The molecule has 1 atom stereocenters.